The van der Waals surface area contributed by atoms with Crippen molar-refractivity contribution in [1.29, 1.82) is 0 Å². The molecule has 90 valence electrons. The fraction of sp³-hybridized carbons (Fsp3) is 0.636. The summed E-state index contributed by atoms with van der Waals surface area (Å²) in [5.41, 5.74) is 0. The summed E-state index contributed by atoms with van der Waals surface area (Å²) >= 11 is 0. The molecular weight excluding hydrogens is 206 g/mol. The second-order valence-corrected chi connectivity index (χ2v) is 3.52. The van der Waals surface area contributed by atoms with Crippen molar-refractivity contribution >= 4 is 5.82 Å². The predicted octanol–water partition coefficient (Wildman–Crippen LogP) is 1.45. The molecule has 1 unspecified atom stereocenters. The lowest BCUT2D eigenvalue weighted by atomic mass is 10.2. The zero-order valence-corrected chi connectivity index (χ0v) is 9.81. The van der Waals surface area contributed by atoms with Crippen LogP contribution in [0, 0.1) is 0 Å². The van der Waals surface area contributed by atoms with Crippen molar-refractivity contribution in [2.75, 3.05) is 18.5 Å². The number of hydrogen-bond donors (Lipinski definition) is 2. The largest absolute Gasteiger partial charge is 0.478 e. The maximum atomic E-state index is 9.06. The summed E-state index contributed by atoms with van der Waals surface area (Å²) in [5.74, 6) is 1.24. The Morgan fingerprint density at radius 1 is 1.44 bits per heavy atom. The van der Waals surface area contributed by atoms with Gasteiger partial charge in [0.05, 0.1) is 19.3 Å². The molecule has 1 aromatic rings. The zero-order valence-electron chi connectivity index (χ0n) is 9.81. The van der Waals surface area contributed by atoms with Gasteiger partial charge in [0, 0.05) is 6.07 Å². The number of anilines is 1. The second kappa shape index (κ2) is 7.00. The molecule has 0 saturated heterocycles. The van der Waals surface area contributed by atoms with Gasteiger partial charge in [-0.1, -0.05) is 13.8 Å². The molecule has 0 bridgehead atoms. The van der Waals surface area contributed by atoms with Crippen molar-refractivity contribution in [1.82, 2.24) is 9.97 Å². The van der Waals surface area contributed by atoms with Gasteiger partial charge in [-0.3, -0.25) is 0 Å². The highest BCUT2D eigenvalue weighted by atomic mass is 16.5. The molecular formula is C11H19N3O2. The number of hydrogen-bond acceptors (Lipinski definition) is 5. The van der Waals surface area contributed by atoms with E-state index in [1.165, 1.54) is 6.33 Å². The minimum absolute atomic E-state index is 0.0222. The molecule has 0 amide bonds. The molecule has 0 aliphatic carbocycles. The fourth-order valence-electron chi connectivity index (χ4n) is 1.19. The number of aliphatic hydroxyl groups is 1. The van der Waals surface area contributed by atoms with Crippen molar-refractivity contribution in [2.24, 2.45) is 0 Å². The summed E-state index contributed by atoms with van der Waals surface area (Å²) in [5, 5.41) is 12.2. The molecule has 5 heteroatoms. The highest BCUT2D eigenvalue weighted by Gasteiger charge is 2.06. The Morgan fingerprint density at radius 3 is 2.88 bits per heavy atom. The highest BCUT2D eigenvalue weighted by molar-refractivity contribution is 5.38. The van der Waals surface area contributed by atoms with Gasteiger partial charge in [-0.2, -0.15) is 0 Å². The van der Waals surface area contributed by atoms with Crippen LogP contribution in [0.25, 0.3) is 0 Å². The molecule has 0 saturated carbocycles. The summed E-state index contributed by atoms with van der Waals surface area (Å²) in [6.45, 7) is 4.78. The molecule has 0 spiro atoms. The number of rotatable bonds is 7. The Morgan fingerprint density at radius 2 is 2.25 bits per heavy atom. The van der Waals surface area contributed by atoms with Crippen LogP contribution in [0.4, 0.5) is 5.82 Å². The van der Waals surface area contributed by atoms with Crippen molar-refractivity contribution in [3.05, 3.63) is 12.4 Å². The van der Waals surface area contributed by atoms with E-state index in [1.54, 1.807) is 6.07 Å². The third kappa shape index (κ3) is 4.02. The van der Waals surface area contributed by atoms with Crippen LogP contribution in [0.1, 0.15) is 26.7 Å². The van der Waals surface area contributed by atoms with Gasteiger partial charge in [-0.15, -0.1) is 0 Å². The van der Waals surface area contributed by atoms with E-state index in [9.17, 15) is 0 Å². The Kier molecular flexibility index (Phi) is 5.56. The molecule has 0 aliphatic heterocycles. The SMILES string of the molecule is CCCOc1cc(NC(CC)CO)ncn1. The first-order valence-electron chi connectivity index (χ1n) is 5.62. The van der Waals surface area contributed by atoms with E-state index in [1.807, 2.05) is 13.8 Å². The number of ether oxygens (including phenoxy) is 1. The predicted molar refractivity (Wildman–Crippen MR) is 62.6 cm³/mol. The van der Waals surface area contributed by atoms with Gasteiger partial charge in [-0.05, 0) is 12.8 Å². The highest BCUT2D eigenvalue weighted by Crippen LogP contribution is 2.12. The lowest BCUT2D eigenvalue weighted by Gasteiger charge is -2.14. The smallest absolute Gasteiger partial charge is 0.218 e. The normalized spacial score (nSPS) is 12.2. The second-order valence-electron chi connectivity index (χ2n) is 3.52. The molecule has 5 nitrogen and oxygen atoms in total. The van der Waals surface area contributed by atoms with Crippen LogP contribution in [0.3, 0.4) is 0 Å². The van der Waals surface area contributed by atoms with Crippen LogP contribution >= 0.6 is 0 Å². The van der Waals surface area contributed by atoms with Gasteiger partial charge in [0.1, 0.15) is 12.1 Å². The van der Waals surface area contributed by atoms with Gasteiger partial charge in [0.25, 0.3) is 0 Å². The van der Waals surface area contributed by atoms with E-state index in [0.717, 1.165) is 12.8 Å². The fourth-order valence-corrected chi connectivity index (χ4v) is 1.19. The molecule has 0 aliphatic rings. The van der Waals surface area contributed by atoms with Crippen LogP contribution in [-0.4, -0.2) is 34.3 Å². The van der Waals surface area contributed by atoms with Gasteiger partial charge >= 0.3 is 0 Å². The summed E-state index contributed by atoms with van der Waals surface area (Å²) in [6, 6.07) is 1.77. The summed E-state index contributed by atoms with van der Waals surface area (Å²) in [7, 11) is 0. The van der Waals surface area contributed by atoms with E-state index in [-0.39, 0.29) is 12.6 Å². The quantitative estimate of drug-likeness (QED) is 0.735. The van der Waals surface area contributed by atoms with E-state index in [2.05, 4.69) is 15.3 Å². The zero-order chi connectivity index (χ0) is 11.8. The van der Waals surface area contributed by atoms with E-state index in [4.69, 9.17) is 9.84 Å². The van der Waals surface area contributed by atoms with Gasteiger partial charge in [-0.25, -0.2) is 9.97 Å². The van der Waals surface area contributed by atoms with Gasteiger partial charge in [0.15, 0.2) is 0 Å². The van der Waals surface area contributed by atoms with Crippen LogP contribution < -0.4 is 10.1 Å². The molecule has 1 rings (SSSR count). The molecule has 16 heavy (non-hydrogen) atoms. The molecule has 0 fully saturated rings. The first kappa shape index (κ1) is 12.7. The number of aromatic nitrogens is 2. The topological polar surface area (TPSA) is 67.3 Å². The summed E-state index contributed by atoms with van der Waals surface area (Å²) < 4.78 is 5.39. The number of aliphatic hydroxyl groups excluding tert-OH is 1. The minimum Gasteiger partial charge on any atom is -0.478 e. The molecule has 1 heterocycles. The summed E-state index contributed by atoms with van der Waals surface area (Å²) in [4.78, 5) is 8.07. The first-order chi connectivity index (χ1) is 7.80. The Hall–Kier alpha value is -1.36. The third-order valence-corrected chi connectivity index (χ3v) is 2.16. The van der Waals surface area contributed by atoms with Crippen LogP contribution in [0.15, 0.2) is 12.4 Å². The molecule has 1 atom stereocenters. The minimum atomic E-state index is 0.0222. The Balaban J connectivity index is 2.59. The van der Waals surface area contributed by atoms with Crippen molar-refractivity contribution in [3.63, 3.8) is 0 Å². The maximum absolute atomic E-state index is 9.06. The van der Waals surface area contributed by atoms with E-state index >= 15 is 0 Å². The molecule has 0 aromatic carbocycles. The number of nitrogens with one attached hydrogen (secondary N) is 1. The standard InChI is InChI=1S/C11H19N3O2/c1-3-5-16-11-6-10(12-8-13-11)14-9(4-2)7-15/h6,8-9,15H,3-5,7H2,1-2H3,(H,12,13,14). The first-order valence-corrected chi connectivity index (χ1v) is 5.62. The third-order valence-electron chi connectivity index (χ3n) is 2.16. The van der Waals surface area contributed by atoms with Crippen LogP contribution in [-0.2, 0) is 0 Å². The van der Waals surface area contributed by atoms with E-state index < -0.39 is 0 Å². The Bertz CT molecular complexity index is 303. The molecule has 2 N–H and O–H groups in total. The van der Waals surface area contributed by atoms with Crippen molar-refractivity contribution in [3.8, 4) is 5.88 Å². The maximum Gasteiger partial charge on any atom is 0.218 e. The lowest BCUT2D eigenvalue weighted by Crippen LogP contribution is -2.23. The van der Waals surface area contributed by atoms with Crippen molar-refractivity contribution in [2.45, 2.75) is 32.7 Å². The average Bonchev–Trinajstić information content (AvgIpc) is 2.34. The Labute approximate surface area is 95.9 Å². The van der Waals surface area contributed by atoms with E-state index in [0.29, 0.717) is 18.3 Å². The van der Waals surface area contributed by atoms with Gasteiger partial charge in [0.2, 0.25) is 5.88 Å². The van der Waals surface area contributed by atoms with Crippen molar-refractivity contribution < 1.29 is 9.84 Å². The average molecular weight is 225 g/mol. The number of nitrogens with zero attached hydrogens (tertiary/aromatic N) is 2. The van der Waals surface area contributed by atoms with Gasteiger partial charge < -0.3 is 15.2 Å². The molecule has 1 aromatic heterocycles. The summed E-state index contributed by atoms with van der Waals surface area (Å²) in [6.07, 6.45) is 3.24. The monoisotopic (exact) mass is 225 g/mol. The molecule has 0 radical (unpaired) electrons. The lowest BCUT2D eigenvalue weighted by molar-refractivity contribution is 0.271. The van der Waals surface area contributed by atoms with Crippen LogP contribution in [0.2, 0.25) is 0 Å². The van der Waals surface area contributed by atoms with Crippen LogP contribution in [0.5, 0.6) is 5.88 Å².